The summed E-state index contributed by atoms with van der Waals surface area (Å²) < 4.78 is 14.1. The molecule has 0 radical (unpaired) electrons. The third-order valence-electron chi connectivity index (χ3n) is 3.35. The third kappa shape index (κ3) is 4.75. The zero-order valence-electron chi connectivity index (χ0n) is 14.1. The second-order valence-electron chi connectivity index (χ2n) is 5.28. The topological polar surface area (TPSA) is 50.4 Å². The Morgan fingerprint density at radius 2 is 1.22 bits per heavy atom. The lowest BCUT2D eigenvalue weighted by Gasteiger charge is -2.18. The second-order valence-corrected chi connectivity index (χ2v) is 9.34. The predicted octanol–water partition coefficient (Wildman–Crippen LogP) is 5.93. The van der Waals surface area contributed by atoms with Gasteiger partial charge in [0.25, 0.3) is 0 Å². The molecular weight excluding hydrogens is 399 g/mol. The zero-order chi connectivity index (χ0) is 18.3. The molecule has 4 rings (SSSR count). The van der Waals surface area contributed by atoms with Gasteiger partial charge in [0, 0.05) is 0 Å². The summed E-state index contributed by atoms with van der Waals surface area (Å²) in [6.07, 6.45) is 0. The average Bonchev–Trinajstić information content (AvgIpc) is 2.73. The zero-order valence-corrected chi connectivity index (χ0v) is 16.9. The van der Waals surface area contributed by atoms with Crippen LogP contribution in [0.2, 0.25) is 0 Å². The van der Waals surface area contributed by atoms with Gasteiger partial charge in [0.1, 0.15) is 5.75 Å². The summed E-state index contributed by atoms with van der Waals surface area (Å²) in [6, 6.07) is 28.8. The standard InChI is InChI=1S/C18H16N3O3P3/c1-4-10-16(11-5-1)22-20-25-19-26-21(23-17-12-6-2-7-13-17)27(20)24-18-14-8-3-9-15-18/h1-15,25H. The molecule has 6 nitrogen and oxygen atoms in total. The van der Waals surface area contributed by atoms with E-state index in [4.69, 9.17) is 14.2 Å². The summed E-state index contributed by atoms with van der Waals surface area (Å²) in [4.78, 5) is 12.1. The van der Waals surface area contributed by atoms with Gasteiger partial charge in [-0.2, -0.15) is 4.51 Å². The van der Waals surface area contributed by atoms with Gasteiger partial charge in [-0.1, -0.05) is 63.1 Å². The van der Waals surface area contributed by atoms with Crippen LogP contribution in [0.5, 0.6) is 17.2 Å². The van der Waals surface area contributed by atoms with E-state index in [1.165, 1.54) is 0 Å². The number of aromatic nitrogens is 3. The minimum Gasteiger partial charge on any atom is -0.414 e. The van der Waals surface area contributed by atoms with Crippen molar-refractivity contribution < 1.29 is 14.2 Å². The summed E-state index contributed by atoms with van der Waals surface area (Å²) in [5.74, 6) is 2.19. The van der Waals surface area contributed by atoms with Gasteiger partial charge in [-0.25, -0.2) is 0 Å². The van der Waals surface area contributed by atoms with E-state index in [9.17, 15) is 0 Å². The molecule has 1 heterocycles. The lowest BCUT2D eigenvalue weighted by atomic mass is 10.3. The van der Waals surface area contributed by atoms with Crippen LogP contribution in [0.1, 0.15) is 0 Å². The molecule has 2 unspecified atom stereocenters. The van der Waals surface area contributed by atoms with Crippen LogP contribution < -0.4 is 14.2 Å². The van der Waals surface area contributed by atoms with Crippen LogP contribution >= 0.6 is 25.1 Å². The quantitative estimate of drug-likeness (QED) is 0.392. The first kappa shape index (κ1) is 17.8. The minimum absolute atomic E-state index is 0.103. The van der Waals surface area contributed by atoms with Gasteiger partial charge < -0.3 is 14.2 Å². The Hall–Kier alpha value is -2.64. The fraction of sp³-hybridized carbons (Fsp3) is 0. The van der Waals surface area contributed by atoms with E-state index in [-0.39, 0.29) is 8.51 Å². The Balaban J connectivity index is 1.72. The number of nitrogens with zero attached hydrogens (tertiary/aromatic N) is 3. The van der Waals surface area contributed by atoms with Crippen LogP contribution in [0.3, 0.4) is 0 Å². The van der Waals surface area contributed by atoms with Gasteiger partial charge >= 0.3 is 8.08 Å². The summed E-state index contributed by atoms with van der Waals surface area (Å²) in [6.45, 7) is 0. The van der Waals surface area contributed by atoms with E-state index in [0.29, 0.717) is 14.3 Å². The number of hydrogen-bond acceptors (Lipinski definition) is 4. The first-order valence-electron chi connectivity index (χ1n) is 8.14. The van der Waals surface area contributed by atoms with E-state index >= 15 is 0 Å². The molecule has 0 aliphatic heterocycles. The fourth-order valence-electron chi connectivity index (χ4n) is 2.15. The van der Waals surface area contributed by atoms with Crippen molar-refractivity contribution in [1.82, 2.24) is 13.0 Å². The molecule has 0 aliphatic carbocycles. The molecular formula is C18H16N3O3P3. The molecule has 27 heavy (non-hydrogen) atoms. The lowest BCUT2D eigenvalue weighted by Crippen LogP contribution is -2.11. The van der Waals surface area contributed by atoms with Crippen molar-refractivity contribution in [2.24, 2.45) is 0 Å². The third-order valence-corrected chi connectivity index (χ3v) is 7.18. The maximum atomic E-state index is 6.23. The largest absolute Gasteiger partial charge is 0.414 e. The van der Waals surface area contributed by atoms with Crippen LogP contribution in [0.15, 0.2) is 91.0 Å². The van der Waals surface area contributed by atoms with E-state index in [1.54, 1.807) is 8.51 Å². The van der Waals surface area contributed by atoms with Gasteiger partial charge in [-0.3, -0.25) is 0 Å². The van der Waals surface area contributed by atoms with Crippen molar-refractivity contribution in [1.29, 1.82) is 0 Å². The Morgan fingerprint density at radius 3 is 1.81 bits per heavy atom. The molecule has 0 spiro atoms. The Bertz CT molecular complexity index is 949. The first-order valence-corrected chi connectivity index (χ1v) is 11.0. The van der Waals surface area contributed by atoms with Crippen molar-refractivity contribution in [3.63, 3.8) is 0 Å². The molecule has 0 aliphatic rings. The van der Waals surface area contributed by atoms with Crippen molar-refractivity contribution in [3.8, 4) is 17.2 Å². The normalized spacial score (nSPS) is 11.5. The second kappa shape index (κ2) is 8.83. The predicted molar refractivity (Wildman–Crippen MR) is 110 cm³/mol. The highest BCUT2D eigenvalue weighted by Gasteiger charge is 2.13. The van der Waals surface area contributed by atoms with Gasteiger partial charge in [0.05, 0.1) is 8.51 Å². The van der Waals surface area contributed by atoms with Gasteiger partial charge in [0.15, 0.2) is 20.0 Å². The van der Waals surface area contributed by atoms with Crippen molar-refractivity contribution in [2.45, 2.75) is 0 Å². The van der Waals surface area contributed by atoms with Crippen LogP contribution in [-0.2, 0) is 0 Å². The Kier molecular flexibility index (Phi) is 5.81. The number of rotatable bonds is 6. The fourth-order valence-corrected chi connectivity index (χ4v) is 6.34. The molecule has 0 amide bonds. The molecule has 4 aromatic rings. The molecule has 0 bridgehead atoms. The highest BCUT2D eigenvalue weighted by molar-refractivity contribution is 7.51. The maximum absolute atomic E-state index is 6.23. The smallest absolute Gasteiger partial charge is 0.316 e. The highest BCUT2D eigenvalue weighted by Crippen LogP contribution is 2.36. The first-order chi connectivity index (χ1) is 13.4. The molecule has 136 valence electrons. The molecule has 2 atom stereocenters. The summed E-state index contributed by atoms with van der Waals surface area (Å²) in [5, 5.41) is 0. The molecule has 0 N–H and O–H groups in total. The minimum atomic E-state index is -1.39. The monoisotopic (exact) mass is 415 g/mol. The Morgan fingerprint density at radius 1 is 0.704 bits per heavy atom. The SMILES string of the molecule is c1ccc(On2pn[pH]n(Oc3ccccc3)p2Oc2ccccc2)cc1. The lowest BCUT2D eigenvalue weighted by molar-refractivity contribution is 0.237. The number of para-hydroxylation sites is 3. The number of benzene rings is 3. The molecule has 9 heteroatoms. The van der Waals surface area contributed by atoms with Crippen molar-refractivity contribution >= 4 is 25.1 Å². The van der Waals surface area contributed by atoms with Crippen molar-refractivity contribution in [3.05, 3.63) is 91.0 Å². The Labute approximate surface area is 160 Å². The van der Waals surface area contributed by atoms with E-state index in [2.05, 4.69) is 4.51 Å². The molecule has 3 aromatic carbocycles. The van der Waals surface area contributed by atoms with Gasteiger partial charge in [0.2, 0.25) is 0 Å². The average molecular weight is 415 g/mol. The van der Waals surface area contributed by atoms with Crippen molar-refractivity contribution in [2.75, 3.05) is 0 Å². The summed E-state index contributed by atoms with van der Waals surface area (Å²) in [5.41, 5.74) is 0. The molecule has 0 fully saturated rings. The van der Waals surface area contributed by atoms with Gasteiger partial charge in [-0.05, 0) is 36.4 Å². The van der Waals surface area contributed by atoms with E-state index < -0.39 is 8.08 Å². The van der Waals surface area contributed by atoms with Crippen LogP contribution in [-0.4, -0.2) is 13.0 Å². The van der Waals surface area contributed by atoms with Crippen LogP contribution in [0, 0.1) is 0 Å². The van der Waals surface area contributed by atoms with Crippen LogP contribution in [0.4, 0.5) is 0 Å². The highest BCUT2D eigenvalue weighted by atomic mass is 31.2. The van der Waals surface area contributed by atoms with Gasteiger partial charge in [-0.15, -0.1) is 0 Å². The molecule has 0 saturated carbocycles. The maximum Gasteiger partial charge on any atom is 0.316 e. The number of hydrogen-bond donors (Lipinski definition) is 0. The summed E-state index contributed by atoms with van der Waals surface area (Å²) >= 11 is 0. The summed E-state index contributed by atoms with van der Waals surface area (Å²) in [7, 11) is -0.612. The molecule has 0 saturated heterocycles. The van der Waals surface area contributed by atoms with E-state index in [0.717, 1.165) is 11.5 Å². The van der Waals surface area contributed by atoms with E-state index in [1.807, 2.05) is 91.0 Å². The molecule has 1 aromatic heterocycles. The van der Waals surface area contributed by atoms with Crippen LogP contribution in [0.25, 0.3) is 0 Å².